The van der Waals surface area contributed by atoms with Gasteiger partial charge in [-0.25, -0.2) is 0 Å². The molecule has 3 heteroatoms. The average Bonchev–Trinajstić information content (AvgIpc) is 2.77. The number of Topliss-reactive ketones (excluding diaryl/α,β-unsaturated/α-hetero) is 1. The summed E-state index contributed by atoms with van der Waals surface area (Å²) in [6, 6.07) is 8.28. The lowest BCUT2D eigenvalue weighted by Crippen LogP contribution is -2.06. The minimum atomic E-state index is 0.304. The van der Waals surface area contributed by atoms with Crippen LogP contribution in [0.3, 0.4) is 0 Å². The Labute approximate surface area is 124 Å². The molecule has 0 fully saturated rings. The van der Waals surface area contributed by atoms with Crippen LogP contribution < -0.4 is 0 Å². The van der Waals surface area contributed by atoms with E-state index in [-0.39, 0.29) is 0 Å². The van der Waals surface area contributed by atoms with Crippen molar-refractivity contribution >= 4 is 27.6 Å². The van der Waals surface area contributed by atoms with Crippen molar-refractivity contribution in [1.82, 2.24) is 9.97 Å². The lowest BCUT2D eigenvalue weighted by atomic mass is 10.0. The fraction of sp³-hybridized carbons (Fsp3) is 0.333. The minimum Gasteiger partial charge on any atom is -0.353 e. The molecule has 108 valence electrons. The van der Waals surface area contributed by atoms with Crippen LogP contribution in [-0.2, 0) is 11.2 Å². The number of nitrogens with one attached hydrogen (secondary N) is 1. The van der Waals surface area contributed by atoms with Crippen LogP contribution in [0.25, 0.3) is 21.8 Å². The summed E-state index contributed by atoms with van der Waals surface area (Å²) in [4.78, 5) is 19.7. The number of ketones is 1. The highest BCUT2D eigenvalue weighted by Gasteiger charge is 2.10. The first-order valence-corrected chi connectivity index (χ1v) is 7.42. The number of aryl methyl sites for hydroxylation is 1. The van der Waals surface area contributed by atoms with Gasteiger partial charge in [-0.05, 0) is 30.5 Å². The minimum absolute atomic E-state index is 0.304. The third kappa shape index (κ3) is 2.68. The number of carbonyl (C=O) groups excluding carboxylic acids is 1. The number of aromatic nitrogens is 2. The summed E-state index contributed by atoms with van der Waals surface area (Å²) in [5.74, 6) is 0.723. The highest BCUT2D eigenvalue weighted by molar-refractivity contribution is 6.08. The number of pyridine rings is 1. The molecule has 2 heterocycles. The predicted molar refractivity (Wildman–Crippen MR) is 86.5 cm³/mol. The quantitative estimate of drug-likeness (QED) is 0.779. The fourth-order valence-corrected chi connectivity index (χ4v) is 2.88. The molecule has 2 aromatic heterocycles. The number of rotatable bonds is 4. The van der Waals surface area contributed by atoms with Crippen molar-refractivity contribution in [2.75, 3.05) is 0 Å². The molecular weight excluding hydrogens is 260 g/mol. The monoisotopic (exact) mass is 280 g/mol. The molecule has 21 heavy (non-hydrogen) atoms. The van der Waals surface area contributed by atoms with Gasteiger partial charge in [0.1, 0.15) is 5.78 Å². The second-order valence-electron chi connectivity index (χ2n) is 6.14. The molecule has 3 nitrogen and oxygen atoms in total. The summed E-state index contributed by atoms with van der Waals surface area (Å²) in [7, 11) is 0. The molecule has 3 aromatic rings. The molecular formula is C18H20N2O. The molecule has 0 aliphatic rings. The molecule has 1 N–H and O–H groups in total. The number of aromatic amines is 1. The van der Waals surface area contributed by atoms with E-state index in [4.69, 9.17) is 0 Å². The van der Waals surface area contributed by atoms with Gasteiger partial charge < -0.3 is 4.98 Å². The Kier molecular flexibility index (Phi) is 3.50. The number of fused-ring (bicyclic) bond motifs is 3. The molecule has 0 amide bonds. The number of nitrogens with zero attached hydrogens (tertiary/aromatic N) is 1. The lowest BCUT2D eigenvalue weighted by Gasteiger charge is -2.04. The van der Waals surface area contributed by atoms with E-state index in [2.05, 4.69) is 42.0 Å². The van der Waals surface area contributed by atoms with Crippen LogP contribution in [-0.4, -0.2) is 15.8 Å². The van der Waals surface area contributed by atoms with Gasteiger partial charge in [-0.2, -0.15) is 0 Å². The van der Waals surface area contributed by atoms with Crippen molar-refractivity contribution in [3.63, 3.8) is 0 Å². The standard InChI is InChI=1S/C18H20N2O/c1-11(2)8-14(21)9-13-4-5-15-16-6-7-19-12(3)18(16)20-17(15)10-13/h4-7,10-11,20H,8-9H2,1-3H3. The fourth-order valence-electron chi connectivity index (χ4n) is 2.88. The molecule has 0 saturated carbocycles. The van der Waals surface area contributed by atoms with E-state index in [1.54, 1.807) is 0 Å². The maximum Gasteiger partial charge on any atom is 0.137 e. The van der Waals surface area contributed by atoms with Gasteiger partial charge in [-0.15, -0.1) is 0 Å². The van der Waals surface area contributed by atoms with Crippen molar-refractivity contribution in [2.45, 2.75) is 33.6 Å². The van der Waals surface area contributed by atoms with E-state index in [0.717, 1.165) is 22.3 Å². The largest absolute Gasteiger partial charge is 0.353 e. The van der Waals surface area contributed by atoms with E-state index in [1.165, 1.54) is 10.8 Å². The van der Waals surface area contributed by atoms with Gasteiger partial charge in [0.05, 0.1) is 11.2 Å². The summed E-state index contributed by atoms with van der Waals surface area (Å²) in [5, 5.41) is 2.38. The summed E-state index contributed by atoms with van der Waals surface area (Å²) in [6.07, 6.45) is 3.00. The summed E-state index contributed by atoms with van der Waals surface area (Å²) in [6.45, 7) is 6.16. The van der Waals surface area contributed by atoms with Gasteiger partial charge in [0.15, 0.2) is 0 Å². The number of carbonyl (C=O) groups is 1. The van der Waals surface area contributed by atoms with Gasteiger partial charge in [0.2, 0.25) is 0 Å². The molecule has 0 spiro atoms. The Bertz CT molecular complexity index is 815. The van der Waals surface area contributed by atoms with E-state index in [1.807, 2.05) is 19.2 Å². The summed E-state index contributed by atoms with van der Waals surface area (Å²) in [5.41, 5.74) is 4.24. The van der Waals surface area contributed by atoms with Crippen LogP contribution in [0.15, 0.2) is 30.5 Å². The second-order valence-corrected chi connectivity index (χ2v) is 6.14. The van der Waals surface area contributed by atoms with Gasteiger partial charge in [-0.1, -0.05) is 26.0 Å². The van der Waals surface area contributed by atoms with Gasteiger partial charge in [0, 0.05) is 35.3 Å². The highest BCUT2D eigenvalue weighted by atomic mass is 16.1. The summed E-state index contributed by atoms with van der Waals surface area (Å²) < 4.78 is 0. The zero-order valence-corrected chi connectivity index (χ0v) is 12.7. The highest BCUT2D eigenvalue weighted by Crippen LogP contribution is 2.27. The van der Waals surface area contributed by atoms with Crippen LogP contribution in [0.1, 0.15) is 31.5 Å². The molecule has 0 radical (unpaired) electrons. The predicted octanol–water partition coefficient (Wildman–Crippen LogP) is 4.18. The van der Waals surface area contributed by atoms with Crippen molar-refractivity contribution in [1.29, 1.82) is 0 Å². The first-order chi connectivity index (χ1) is 10.0. The Balaban J connectivity index is 1.99. The second kappa shape index (κ2) is 5.32. The molecule has 0 bridgehead atoms. The van der Waals surface area contributed by atoms with Crippen LogP contribution >= 0.6 is 0 Å². The number of hydrogen-bond acceptors (Lipinski definition) is 2. The van der Waals surface area contributed by atoms with Crippen LogP contribution in [0.5, 0.6) is 0 Å². The zero-order chi connectivity index (χ0) is 15.0. The van der Waals surface area contributed by atoms with E-state index in [9.17, 15) is 4.79 Å². The number of benzene rings is 1. The maximum atomic E-state index is 12.0. The first-order valence-electron chi connectivity index (χ1n) is 7.42. The Hall–Kier alpha value is -2.16. The SMILES string of the molecule is Cc1nccc2c1[nH]c1cc(CC(=O)CC(C)C)ccc12. The van der Waals surface area contributed by atoms with Crippen molar-refractivity contribution in [2.24, 2.45) is 5.92 Å². The Morgan fingerprint density at radius 3 is 2.81 bits per heavy atom. The van der Waals surface area contributed by atoms with Gasteiger partial charge in [0.25, 0.3) is 0 Å². The summed E-state index contributed by atoms with van der Waals surface area (Å²) >= 11 is 0. The topological polar surface area (TPSA) is 45.8 Å². The average molecular weight is 280 g/mol. The molecule has 0 atom stereocenters. The Morgan fingerprint density at radius 1 is 1.24 bits per heavy atom. The normalized spacial score (nSPS) is 11.6. The first kappa shape index (κ1) is 13.8. The van der Waals surface area contributed by atoms with E-state index >= 15 is 0 Å². The van der Waals surface area contributed by atoms with E-state index in [0.29, 0.717) is 24.5 Å². The molecule has 1 aromatic carbocycles. The van der Waals surface area contributed by atoms with Gasteiger partial charge >= 0.3 is 0 Å². The molecule has 0 unspecified atom stereocenters. The van der Waals surface area contributed by atoms with Crippen molar-refractivity contribution in [3.05, 3.63) is 41.7 Å². The van der Waals surface area contributed by atoms with Crippen LogP contribution in [0, 0.1) is 12.8 Å². The number of hydrogen-bond donors (Lipinski definition) is 1. The van der Waals surface area contributed by atoms with Crippen LogP contribution in [0.2, 0.25) is 0 Å². The lowest BCUT2D eigenvalue weighted by molar-refractivity contribution is -0.119. The smallest absolute Gasteiger partial charge is 0.137 e. The Morgan fingerprint density at radius 2 is 2.05 bits per heavy atom. The molecule has 3 rings (SSSR count). The van der Waals surface area contributed by atoms with Crippen molar-refractivity contribution in [3.8, 4) is 0 Å². The third-order valence-electron chi connectivity index (χ3n) is 3.81. The third-order valence-corrected chi connectivity index (χ3v) is 3.81. The zero-order valence-electron chi connectivity index (χ0n) is 12.7. The molecule has 0 aliphatic heterocycles. The maximum absolute atomic E-state index is 12.0. The van der Waals surface area contributed by atoms with Crippen LogP contribution in [0.4, 0.5) is 0 Å². The van der Waals surface area contributed by atoms with E-state index < -0.39 is 0 Å². The van der Waals surface area contributed by atoms with Crippen molar-refractivity contribution < 1.29 is 4.79 Å². The molecule has 0 saturated heterocycles. The molecule has 0 aliphatic carbocycles. The number of H-pyrrole nitrogens is 1. The van der Waals surface area contributed by atoms with Gasteiger partial charge in [-0.3, -0.25) is 9.78 Å².